The Morgan fingerprint density at radius 1 is 1.24 bits per heavy atom. The standard InChI is InChI=1S/C13H20F2N2/c1-13(2,9-16-3)17-7-6-10-4-5-11(14)8-12(10)15/h4-5,8,16-17H,6-7,9H2,1-3H3. The lowest BCUT2D eigenvalue weighted by molar-refractivity contribution is 0.377. The van der Waals surface area contributed by atoms with Crippen LogP contribution in [0.5, 0.6) is 0 Å². The normalized spacial score (nSPS) is 11.8. The zero-order chi connectivity index (χ0) is 12.9. The Morgan fingerprint density at radius 3 is 2.53 bits per heavy atom. The van der Waals surface area contributed by atoms with Crippen LogP contribution >= 0.6 is 0 Å². The van der Waals surface area contributed by atoms with Gasteiger partial charge in [0.2, 0.25) is 0 Å². The Kier molecular flexibility index (Phi) is 5.02. The zero-order valence-corrected chi connectivity index (χ0v) is 10.6. The Hall–Kier alpha value is -1.00. The molecule has 0 aliphatic heterocycles. The van der Waals surface area contributed by atoms with Crippen molar-refractivity contribution in [3.8, 4) is 0 Å². The van der Waals surface area contributed by atoms with Crippen molar-refractivity contribution in [2.24, 2.45) is 0 Å². The summed E-state index contributed by atoms with van der Waals surface area (Å²) in [4.78, 5) is 0. The van der Waals surface area contributed by atoms with Crippen LogP contribution in [0.1, 0.15) is 19.4 Å². The Balaban J connectivity index is 2.46. The molecule has 0 aliphatic carbocycles. The first kappa shape index (κ1) is 14.1. The summed E-state index contributed by atoms with van der Waals surface area (Å²) in [5, 5.41) is 6.42. The fraction of sp³-hybridized carbons (Fsp3) is 0.538. The molecule has 0 fully saturated rings. The molecule has 0 saturated carbocycles. The van der Waals surface area contributed by atoms with Crippen LogP contribution in [-0.2, 0) is 6.42 Å². The first-order valence-electron chi connectivity index (χ1n) is 5.78. The third kappa shape index (κ3) is 4.79. The van der Waals surface area contributed by atoms with Gasteiger partial charge in [0.25, 0.3) is 0 Å². The Morgan fingerprint density at radius 2 is 1.94 bits per heavy atom. The summed E-state index contributed by atoms with van der Waals surface area (Å²) < 4.78 is 26.0. The number of hydrogen-bond donors (Lipinski definition) is 2. The zero-order valence-electron chi connectivity index (χ0n) is 10.6. The van der Waals surface area contributed by atoms with Crippen molar-refractivity contribution in [1.29, 1.82) is 0 Å². The van der Waals surface area contributed by atoms with Crippen molar-refractivity contribution in [2.75, 3.05) is 20.1 Å². The van der Waals surface area contributed by atoms with Crippen molar-refractivity contribution in [3.05, 3.63) is 35.4 Å². The van der Waals surface area contributed by atoms with Gasteiger partial charge in [0.05, 0.1) is 0 Å². The molecule has 17 heavy (non-hydrogen) atoms. The van der Waals surface area contributed by atoms with Gasteiger partial charge in [0.1, 0.15) is 11.6 Å². The van der Waals surface area contributed by atoms with Crippen LogP contribution in [0.4, 0.5) is 8.78 Å². The number of nitrogens with one attached hydrogen (secondary N) is 2. The van der Waals surface area contributed by atoms with Crippen molar-refractivity contribution in [2.45, 2.75) is 25.8 Å². The minimum Gasteiger partial charge on any atom is -0.318 e. The van der Waals surface area contributed by atoms with Crippen molar-refractivity contribution < 1.29 is 8.78 Å². The number of likely N-dealkylation sites (N-methyl/N-ethyl adjacent to an activating group) is 1. The molecule has 1 rings (SSSR count). The van der Waals surface area contributed by atoms with E-state index in [1.165, 1.54) is 12.1 Å². The first-order chi connectivity index (χ1) is 7.94. The van der Waals surface area contributed by atoms with Gasteiger partial charge in [-0.15, -0.1) is 0 Å². The SMILES string of the molecule is CNCC(C)(C)NCCc1ccc(F)cc1F. The molecular weight excluding hydrogens is 222 g/mol. The molecule has 0 radical (unpaired) electrons. The van der Waals surface area contributed by atoms with E-state index in [2.05, 4.69) is 24.5 Å². The van der Waals surface area contributed by atoms with Gasteiger partial charge in [-0.1, -0.05) is 6.07 Å². The summed E-state index contributed by atoms with van der Waals surface area (Å²) in [7, 11) is 1.89. The van der Waals surface area contributed by atoms with E-state index in [1.807, 2.05) is 7.05 Å². The second-order valence-electron chi connectivity index (χ2n) is 4.83. The third-order valence-corrected chi connectivity index (χ3v) is 2.63. The molecule has 2 nitrogen and oxygen atoms in total. The fourth-order valence-electron chi connectivity index (χ4n) is 1.76. The van der Waals surface area contributed by atoms with Crippen LogP contribution in [0.25, 0.3) is 0 Å². The summed E-state index contributed by atoms with van der Waals surface area (Å²) in [5.74, 6) is -1.01. The number of hydrogen-bond acceptors (Lipinski definition) is 2. The molecule has 0 aromatic heterocycles. The smallest absolute Gasteiger partial charge is 0.129 e. The summed E-state index contributed by atoms with van der Waals surface area (Å²) in [6, 6.07) is 3.71. The van der Waals surface area contributed by atoms with Crippen molar-refractivity contribution in [1.82, 2.24) is 10.6 Å². The van der Waals surface area contributed by atoms with Crippen LogP contribution < -0.4 is 10.6 Å². The average Bonchev–Trinajstić information content (AvgIpc) is 2.21. The molecule has 1 aromatic carbocycles. The highest BCUT2D eigenvalue weighted by Gasteiger charge is 2.15. The lowest BCUT2D eigenvalue weighted by Crippen LogP contribution is -2.47. The minimum absolute atomic E-state index is 0.0365. The second kappa shape index (κ2) is 6.07. The molecule has 0 saturated heterocycles. The predicted molar refractivity (Wildman–Crippen MR) is 66.1 cm³/mol. The van der Waals surface area contributed by atoms with Crippen LogP contribution in [0.2, 0.25) is 0 Å². The van der Waals surface area contributed by atoms with Crippen molar-refractivity contribution in [3.63, 3.8) is 0 Å². The quantitative estimate of drug-likeness (QED) is 0.798. The fourth-order valence-corrected chi connectivity index (χ4v) is 1.76. The molecule has 0 atom stereocenters. The van der Waals surface area contributed by atoms with Gasteiger partial charge in [-0.2, -0.15) is 0 Å². The van der Waals surface area contributed by atoms with E-state index in [-0.39, 0.29) is 5.54 Å². The van der Waals surface area contributed by atoms with E-state index in [0.29, 0.717) is 18.5 Å². The van der Waals surface area contributed by atoms with Gasteiger partial charge in [0, 0.05) is 18.2 Å². The molecule has 0 bridgehead atoms. The third-order valence-electron chi connectivity index (χ3n) is 2.63. The summed E-state index contributed by atoms with van der Waals surface area (Å²) in [6.07, 6.45) is 0.555. The molecule has 4 heteroatoms. The molecule has 96 valence electrons. The average molecular weight is 242 g/mol. The molecule has 2 N–H and O–H groups in total. The van der Waals surface area contributed by atoms with Gasteiger partial charge in [-0.25, -0.2) is 8.78 Å². The van der Waals surface area contributed by atoms with E-state index in [0.717, 1.165) is 12.6 Å². The van der Waals surface area contributed by atoms with E-state index < -0.39 is 11.6 Å². The van der Waals surface area contributed by atoms with E-state index in [9.17, 15) is 8.78 Å². The first-order valence-corrected chi connectivity index (χ1v) is 5.78. The highest BCUT2D eigenvalue weighted by molar-refractivity contribution is 5.18. The highest BCUT2D eigenvalue weighted by atomic mass is 19.1. The largest absolute Gasteiger partial charge is 0.318 e. The van der Waals surface area contributed by atoms with Gasteiger partial charge >= 0.3 is 0 Å². The molecule has 0 unspecified atom stereocenters. The number of benzene rings is 1. The summed E-state index contributed by atoms with van der Waals surface area (Å²) >= 11 is 0. The van der Waals surface area contributed by atoms with Gasteiger partial charge < -0.3 is 10.6 Å². The molecular formula is C13H20F2N2. The summed E-state index contributed by atoms with van der Waals surface area (Å²) in [6.45, 7) is 5.64. The van der Waals surface area contributed by atoms with Crippen LogP contribution in [0, 0.1) is 11.6 Å². The summed E-state index contributed by atoms with van der Waals surface area (Å²) in [5.41, 5.74) is 0.504. The van der Waals surface area contributed by atoms with Crippen molar-refractivity contribution >= 4 is 0 Å². The Bertz CT molecular complexity index is 364. The molecule has 0 spiro atoms. The van der Waals surface area contributed by atoms with Gasteiger partial charge in [-0.3, -0.25) is 0 Å². The number of halogens is 2. The van der Waals surface area contributed by atoms with Crippen LogP contribution in [0.15, 0.2) is 18.2 Å². The second-order valence-corrected chi connectivity index (χ2v) is 4.83. The molecule has 0 heterocycles. The van der Waals surface area contributed by atoms with Gasteiger partial charge in [0.15, 0.2) is 0 Å². The molecule has 1 aromatic rings. The minimum atomic E-state index is -0.533. The number of rotatable bonds is 6. The maximum absolute atomic E-state index is 13.3. The van der Waals surface area contributed by atoms with E-state index in [1.54, 1.807) is 0 Å². The maximum atomic E-state index is 13.3. The predicted octanol–water partition coefficient (Wildman–Crippen LogP) is 2.09. The van der Waals surface area contributed by atoms with E-state index in [4.69, 9.17) is 0 Å². The molecule has 0 aliphatic rings. The lowest BCUT2D eigenvalue weighted by Gasteiger charge is -2.26. The highest BCUT2D eigenvalue weighted by Crippen LogP contribution is 2.10. The molecule has 0 amide bonds. The topological polar surface area (TPSA) is 24.1 Å². The lowest BCUT2D eigenvalue weighted by atomic mass is 10.0. The maximum Gasteiger partial charge on any atom is 0.129 e. The van der Waals surface area contributed by atoms with Crippen LogP contribution in [-0.4, -0.2) is 25.7 Å². The monoisotopic (exact) mass is 242 g/mol. The van der Waals surface area contributed by atoms with Crippen LogP contribution in [0.3, 0.4) is 0 Å². The van der Waals surface area contributed by atoms with Gasteiger partial charge in [-0.05, 0) is 45.5 Å². The Labute approximate surface area is 101 Å². The van der Waals surface area contributed by atoms with E-state index >= 15 is 0 Å².